The molecule has 0 radical (unpaired) electrons. The standard InChI is InChI=1S/C17H26BrNO2/c1-17(2,3)19-10-15-8-9-16(21-15)12-20-11-13-4-6-14(18)7-5-13/h4-7,15-16,19H,8-12H2,1-3H3. The van der Waals surface area contributed by atoms with Gasteiger partial charge in [0.15, 0.2) is 0 Å². The molecule has 0 aromatic heterocycles. The van der Waals surface area contributed by atoms with E-state index in [2.05, 4.69) is 54.2 Å². The zero-order chi connectivity index (χ0) is 15.3. The molecule has 0 spiro atoms. The number of nitrogens with one attached hydrogen (secondary N) is 1. The predicted octanol–water partition coefficient (Wildman–Crippen LogP) is 3.90. The molecule has 0 saturated carbocycles. The minimum Gasteiger partial charge on any atom is -0.374 e. The fraction of sp³-hybridized carbons (Fsp3) is 0.647. The first-order chi connectivity index (χ1) is 9.92. The van der Waals surface area contributed by atoms with Crippen molar-refractivity contribution in [1.29, 1.82) is 0 Å². The average Bonchev–Trinajstić information content (AvgIpc) is 2.86. The van der Waals surface area contributed by atoms with Gasteiger partial charge < -0.3 is 14.8 Å². The van der Waals surface area contributed by atoms with Crippen LogP contribution in [-0.2, 0) is 16.1 Å². The summed E-state index contributed by atoms with van der Waals surface area (Å²) in [5.74, 6) is 0. The van der Waals surface area contributed by atoms with Gasteiger partial charge in [-0.2, -0.15) is 0 Å². The van der Waals surface area contributed by atoms with Crippen LogP contribution >= 0.6 is 15.9 Å². The van der Waals surface area contributed by atoms with Crippen LogP contribution in [0.15, 0.2) is 28.7 Å². The van der Waals surface area contributed by atoms with E-state index in [1.165, 1.54) is 5.56 Å². The van der Waals surface area contributed by atoms with Crippen molar-refractivity contribution in [1.82, 2.24) is 5.32 Å². The number of halogens is 1. The van der Waals surface area contributed by atoms with E-state index in [0.717, 1.165) is 23.9 Å². The Balaban J connectivity index is 1.63. The molecule has 0 bridgehead atoms. The van der Waals surface area contributed by atoms with Crippen LogP contribution in [0.4, 0.5) is 0 Å². The Morgan fingerprint density at radius 3 is 2.52 bits per heavy atom. The van der Waals surface area contributed by atoms with Gasteiger partial charge in [-0.15, -0.1) is 0 Å². The SMILES string of the molecule is CC(C)(C)NCC1CCC(COCc2ccc(Br)cc2)O1. The molecule has 1 aromatic rings. The average molecular weight is 356 g/mol. The van der Waals surface area contributed by atoms with Gasteiger partial charge in [-0.3, -0.25) is 0 Å². The minimum atomic E-state index is 0.152. The third-order valence-electron chi connectivity index (χ3n) is 3.54. The second kappa shape index (κ2) is 7.73. The normalized spacial score (nSPS) is 22.7. The van der Waals surface area contributed by atoms with E-state index in [9.17, 15) is 0 Å². The second-order valence-corrected chi connectivity index (χ2v) is 7.65. The van der Waals surface area contributed by atoms with Gasteiger partial charge in [0, 0.05) is 16.6 Å². The van der Waals surface area contributed by atoms with E-state index in [-0.39, 0.29) is 11.6 Å². The first-order valence-electron chi connectivity index (χ1n) is 7.65. The van der Waals surface area contributed by atoms with E-state index in [1.807, 2.05) is 12.1 Å². The zero-order valence-corrected chi connectivity index (χ0v) is 14.8. The van der Waals surface area contributed by atoms with Crippen molar-refractivity contribution in [3.63, 3.8) is 0 Å². The Labute approximate surface area is 136 Å². The van der Waals surface area contributed by atoms with E-state index in [0.29, 0.717) is 19.3 Å². The largest absolute Gasteiger partial charge is 0.374 e. The molecular formula is C17H26BrNO2. The van der Waals surface area contributed by atoms with E-state index in [4.69, 9.17) is 9.47 Å². The van der Waals surface area contributed by atoms with Crippen molar-refractivity contribution in [3.05, 3.63) is 34.3 Å². The summed E-state index contributed by atoms with van der Waals surface area (Å²) < 4.78 is 12.9. The number of ether oxygens (including phenoxy) is 2. The van der Waals surface area contributed by atoms with Crippen molar-refractivity contribution < 1.29 is 9.47 Å². The summed E-state index contributed by atoms with van der Waals surface area (Å²) in [5, 5.41) is 3.50. The predicted molar refractivity (Wildman–Crippen MR) is 89.4 cm³/mol. The van der Waals surface area contributed by atoms with Crippen LogP contribution < -0.4 is 5.32 Å². The Morgan fingerprint density at radius 2 is 1.86 bits per heavy atom. The van der Waals surface area contributed by atoms with E-state index in [1.54, 1.807) is 0 Å². The molecule has 2 atom stereocenters. The molecule has 1 aliphatic heterocycles. The van der Waals surface area contributed by atoms with Gasteiger partial charge in [-0.05, 0) is 51.3 Å². The van der Waals surface area contributed by atoms with Gasteiger partial charge in [0.25, 0.3) is 0 Å². The number of hydrogen-bond acceptors (Lipinski definition) is 3. The lowest BCUT2D eigenvalue weighted by atomic mass is 10.1. The summed E-state index contributed by atoms with van der Waals surface area (Å²) in [7, 11) is 0. The highest BCUT2D eigenvalue weighted by molar-refractivity contribution is 9.10. The highest BCUT2D eigenvalue weighted by Gasteiger charge is 2.26. The zero-order valence-electron chi connectivity index (χ0n) is 13.2. The molecule has 21 heavy (non-hydrogen) atoms. The van der Waals surface area contributed by atoms with Gasteiger partial charge in [0.1, 0.15) is 0 Å². The van der Waals surface area contributed by atoms with Gasteiger partial charge in [0.2, 0.25) is 0 Å². The Kier molecular flexibility index (Phi) is 6.23. The second-order valence-electron chi connectivity index (χ2n) is 6.73. The van der Waals surface area contributed by atoms with Crippen molar-refractivity contribution >= 4 is 15.9 Å². The molecule has 2 rings (SSSR count). The molecule has 1 heterocycles. The third kappa shape index (κ3) is 6.47. The Morgan fingerprint density at radius 1 is 1.19 bits per heavy atom. The van der Waals surface area contributed by atoms with Gasteiger partial charge in [-0.25, -0.2) is 0 Å². The molecule has 3 nitrogen and oxygen atoms in total. The molecular weight excluding hydrogens is 330 g/mol. The molecule has 1 aromatic carbocycles. The van der Waals surface area contributed by atoms with Gasteiger partial charge in [-0.1, -0.05) is 28.1 Å². The van der Waals surface area contributed by atoms with Crippen molar-refractivity contribution in [2.24, 2.45) is 0 Å². The van der Waals surface area contributed by atoms with Crippen molar-refractivity contribution in [3.8, 4) is 0 Å². The molecule has 1 fully saturated rings. The van der Waals surface area contributed by atoms with Crippen LogP contribution in [0.25, 0.3) is 0 Å². The lowest BCUT2D eigenvalue weighted by molar-refractivity contribution is -0.0203. The topological polar surface area (TPSA) is 30.5 Å². The van der Waals surface area contributed by atoms with Gasteiger partial charge in [0.05, 0.1) is 25.4 Å². The van der Waals surface area contributed by atoms with Crippen molar-refractivity contribution in [2.45, 2.75) is 58.0 Å². The highest BCUT2D eigenvalue weighted by Crippen LogP contribution is 2.20. The summed E-state index contributed by atoms with van der Waals surface area (Å²) >= 11 is 3.44. The summed E-state index contributed by atoms with van der Waals surface area (Å²) in [5.41, 5.74) is 1.35. The maximum absolute atomic E-state index is 6.02. The molecule has 0 amide bonds. The molecule has 1 saturated heterocycles. The Bertz CT molecular complexity index is 427. The summed E-state index contributed by atoms with van der Waals surface area (Å²) in [6, 6.07) is 8.24. The Hall–Kier alpha value is -0.420. The summed E-state index contributed by atoms with van der Waals surface area (Å²) in [6.07, 6.45) is 2.78. The van der Waals surface area contributed by atoms with Crippen LogP contribution in [0.5, 0.6) is 0 Å². The maximum atomic E-state index is 6.02. The van der Waals surface area contributed by atoms with Crippen molar-refractivity contribution in [2.75, 3.05) is 13.2 Å². The fourth-order valence-corrected chi connectivity index (χ4v) is 2.63. The van der Waals surface area contributed by atoms with E-state index < -0.39 is 0 Å². The van der Waals surface area contributed by atoms with Crippen LogP contribution in [-0.4, -0.2) is 30.9 Å². The summed E-state index contributed by atoms with van der Waals surface area (Å²) in [6.45, 7) is 8.80. The highest BCUT2D eigenvalue weighted by atomic mass is 79.9. The van der Waals surface area contributed by atoms with Crippen LogP contribution in [0.3, 0.4) is 0 Å². The van der Waals surface area contributed by atoms with Crippen LogP contribution in [0.1, 0.15) is 39.2 Å². The van der Waals surface area contributed by atoms with Gasteiger partial charge >= 0.3 is 0 Å². The fourth-order valence-electron chi connectivity index (χ4n) is 2.36. The number of rotatable bonds is 6. The minimum absolute atomic E-state index is 0.152. The molecule has 4 heteroatoms. The van der Waals surface area contributed by atoms with Crippen LogP contribution in [0.2, 0.25) is 0 Å². The molecule has 1 aliphatic rings. The lowest BCUT2D eigenvalue weighted by Crippen LogP contribution is -2.41. The molecule has 0 aliphatic carbocycles. The molecule has 1 N–H and O–H groups in total. The maximum Gasteiger partial charge on any atom is 0.0814 e. The third-order valence-corrected chi connectivity index (χ3v) is 4.07. The molecule has 118 valence electrons. The first-order valence-corrected chi connectivity index (χ1v) is 8.44. The first kappa shape index (κ1) is 16.9. The van der Waals surface area contributed by atoms with E-state index >= 15 is 0 Å². The number of benzene rings is 1. The molecule has 2 unspecified atom stereocenters. The number of hydrogen-bond donors (Lipinski definition) is 1. The summed E-state index contributed by atoms with van der Waals surface area (Å²) in [4.78, 5) is 0. The quantitative estimate of drug-likeness (QED) is 0.839. The monoisotopic (exact) mass is 355 g/mol. The lowest BCUT2D eigenvalue weighted by Gasteiger charge is -2.23. The smallest absolute Gasteiger partial charge is 0.0814 e. The van der Waals surface area contributed by atoms with Crippen LogP contribution in [0, 0.1) is 0 Å².